The summed E-state index contributed by atoms with van der Waals surface area (Å²) in [5, 5.41) is 22.9. The second-order valence-electron chi connectivity index (χ2n) is 4.59. The van der Waals surface area contributed by atoms with Crippen LogP contribution >= 0.6 is 23.2 Å². The second-order valence-corrected chi connectivity index (χ2v) is 5.44. The molecule has 3 nitrogen and oxygen atoms in total. The van der Waals surface area contributed by atoms with Gasteiger partial charge in [-0.3, -0.25) is 0 Å². The number of halogens is 2. The van der Waals surface area contributed by atoms with Crippen molar-refractivity contribution in [2.24, 2.45) is 0 Å². The average molecular weight is 321 g/mol. The van der Waals surface area contributed by atoms with Gasteiger partial charge in [0.05, 0.1) is 18.6 Å². The fourth-order valence-electron chi connectivity index (χ4n) is 1.93. The first-order chi connectivity index (χ1) is 10.1. The minimum atomic E-state index is -0.755. The van der Waals surface area contributed by atoms with Crippen molar-refractivity contribution < 1.29 is 5.11 Å². The van der Waals surface area contributed by atoms with Crippen LogP contribution in [0.5, 0.6) is 0 Å². The van der Waals surface area contributed by atoms with E-state index in [0.717, 1.165) is 11.3 Å². The van der Waals surface area contributed by atoms with E-state index in [0.29, 0.717) is 28.6 Å². The van der Waals surface area contributed by atoms with Gasteiger partial charge < -0.3 is 10.4 Å². The predicted molar refractivity (Wildman–Crippen MR) is 85.7 cm³/mol. The maximum absolute atomic E-state index is 10.2. The van der Waals surface area contributed by atoms with Crippen molar-refractivity contribution in [3.05, 3.63) is 63.6 Å². The van der Waals surface area contributed by atoms with Crippen LogP contribution in [-0.2, 0) is 6.42 Å². The van der Waals surface area contributed by atoms with Crippen molar-refractivity contribution in [3.8, 4) is 6.07 Å². The zero-order valence-electron chi connectivity index (χ0n) is 11.2. The molecule has 5 heteroatoms. The number of hydrogen-bond acceptors (Lipinski definition) is 3. The maximum Gasteiger partial charge on any atom is 0.0977 e. The molecule has 2 N–H and O–H groups in total. The van der Waals surface area contributed by atoms with E-state index in [4.69, 9.17) is 28.5 Å². The molecule has 0 heterocycles. The molecule has 0 radical (unpaired) electrons. The molecule has 108 valence electrons. The number of nitriles is 1. The zero-order valence-corrected chi connectivity index (χ0v) is 12.7. The Morgan fingerprint density at radius 2 is 1.86 bits per heavy atom. The number of benzene rings is 2. The van der Waals surface area contributed by atoms with E-state index in [-0.39, 0.29) is 0 Å². The van der Waals surface area contributed by atoms with Crippen LogP contribution in [0.1, 0.15) is 17.2 Å². The first-order valence-corrected chi connectivity index (χ1v) is 7.18. The number of aliphatic hydroxyl groups excluding tert-OH is 1. The van der Waals surface area contributed by atoms with Gasteiger partial charge in [0, 0.05) is 27.8 Å². The lowest BCUT2D eigenvalue weighted by atomic mass is 10.1. The molecule has 1 unspecified atom stereocenters. The molecule has 0 saturated heterocycles. The lowest BCUT2D eigenvalue weighted by Gasteiger charge is -2.15. The first kappa shape index (κ1) is 15.7. The predicted octanol–water partition coefficient (Wildman–Crippen LogP) is 4.20. The number of rotatable bonds is 5. The molecule has 0 aliphatic carbocycles. The molecular weight excluding hydrogens is 307 g/mol. The molecule has 0 bridgehead atoms. The summed E-state index contributed by atoms with van der Waals surface area (Å²) in [6, 6.07) is 14.6. The number of anilines is 1. The molecule has 0 aromatic heterocycles. The lowest BCUT2D eigenvalue weighted by molar-refractivity contribution is 0.192. The van der Waals surface area contributed by atoms with Crippen LogP contribution in [0.25, 0.3) is 0 Å². The van der Waals surface area contributed by atoms with Gasteiger partial charge in [-0.1, -0.05) is 35.3 Å². The minimum absolute atomic E-state index is 0.317. The van der Waals surface area contributed by atoms with Gasteiger partial charge in [0.15, 0.2) is 0 Å². The molecule has 0 fully saturated rings. The third kappa shape index (κ3) is 4.37. The Kier molecular flexibility index (Phi) is 5.46. The lowest BCUT2D eigenvalue weighted by Crippen LogP contribution is -2.12. The molecule has 21 heavy (non-hydrogen) atoms. The van der Waals surface area contributed by atoms with Gasteiger partial charge in [-0.05, 0) is 35.9 Å². The van der Waals surface area contributed by atoms with Crippen molar-refractivity contribution in [3.63, 3.8) is 0 Å². The highest BCUT2D eigenvalue weighted by molar-refractivity contribution is 6.33. The highest BCUT2D eigenvalue weighted by atomic mass is 35.5. The Balaban J connectivity index is 1.99. The minimum Gasteiger partial charge on any atom is -0.387 e. The quantitative estimate of drug-likeness (QED) is 0.867. The van der Waals surface area contributed by atoms with Gasteiger partial charge in [0.25, 0.3) is 0 Å². The van der Waals surface area contributed by atoms with Crippen molar-refractivity contribution in [2.45, 2.75) is 12.5 Å². The highest BCUT2D eigenvalue weighted by Crippen LogP contribution is 2.26. The Morgan fingerprint density at radius 1 is 1.14 bits per heavy atom. The fraction of sp³-hybridized carbons (Fsp3) is 0.188. The van der Waals surface area contributed by atoms with Gasteiger partial charge in [-0.15, -0.1) is 0 Å². The van der Waals surface area contributed by atoms with Crippen LogP contribution in [0.15, 0.2) is 42.5 Å². The summed E-state index contributed by atoms with van der Waals surface area (Å²) < 4.78 is 0. The summed E-state index contributed by atoms with van der Waals surface area (Å²) in [6.45, 7) is 0.317. The Morgan fingerprint density at radius 3 is 2.52 bits per heavy atom. The highest BCUT2D eigenvalue weighted by Gasteiger charge is 2.12. The van der Waals surface area contributed by atoms with Crippen LogP contribution in [0.2, 0.25) is 10.0 Å². The van der Waals surface area contributed by atoms with E-state index >= 15 is 0 Å². The molecule has 0 spiro atoms. The van der Waals surface area contributed by atoms with Crippen LogP contribution in [0.3, 0.4) is 0 Å². The Labute approximate surface area is 133 Å². The van der Waals surface area contributed by atoms with E-state index in [1.54, 1.807) is 18.2 Å². The second kappa shape index (κ2) is 7.33. The standard InChI is InChI=1S/C16H14Cl2N2O/c17-12-3-6-15(18)14(9-12)16(21)10-20-13-4-1-11(2-5-13)7-8-19/h1-6,9,16,20-21H,7,10H2. The third-order valence-electron chi connectivity index (χ3n) is 3.05. The molecular formula is C16H14Cl2N2O. The van der Waals surface area contributed by atoms with E-state index in [2.05, 4.69) is 11.4 Å². The molecule has 2 rings (SSSR count). The van der Waals surface area contributed by atoms with Crippen molar-refractivity contribution in [1.82, 2.24) is 0 Å². The van der Waals surface area contributed by atoms with Gasteiger partial charge in [0.1, 0.15) is 0 Å². The smallest absolute Gasteiger partial charge is 0.0977 e. The maximum atomic E-state index is 10.2. The molecule has 0 amide bonds. The van der Waals surface area contributed by atoms with Crippen LogP contribution in [-0.4, -0.2) is 11.7 Å². The summed E-state index contributed by atoms with van der Waals surface area (Å²) in [4.78, 5) is 0. The van der Waals surface area contributed by atoms with Gasteiger partial charge in [0.2, 0.25) is 0 Å². The third-order valence-corrected chi connectivity index (χ3v) is 3.63. The molecule has 2 aromatic carbocycles. The molecule has 1 atom stereocenters. The zero-order chi connectivity index (χ0) is 15.2. The SMILES string of the molecule is N#CCc1ccc(NCC(O)c2cc(Cl)ccc2Cl)cc1. The van der Waals surface area contributed by atoms with Crippen LogP contribution < -0.4 is 5.32 Å². The summed E-state index contributed by atoms with van der Waals surface area (Å²) >= 11 is 12.0. The number of nitrogens with one attached hydrogen (secondary N) is 1. The first-order valence-electron chi connectivity index (χ1n) is 6.43. The number of nitrogens with zero attached hydrogens (tertiary/aromatic N) is 1. The molecule has 2 aromatic rings. The van der Waals surface area contributed by atoms with Crippen molar-refractivity contribution in [1.29, 1.82) is 5.26 Å². The summed E-state index contributed by atoms with van der Waals surface area (Å²) in [6.07, 6.45) is -0.365. The fourth-order valence-corrected chi connectivity index (χ4v) is 2.35. The van der Waals surface area contributed by atoms with E-state index in [9.17, 15) is 5.11 Å². The Hall–Kier alpha value is -1.73. The summed E-state index contributed by atoms with van der Waals surface area (Å²) in [7, 11) is 0. The monoisotopic (exact) mass is 320 g/mol. The van der Waals surface area contributed by atoms with Gasteiger partial charge >= 0.3 is 0 Å². The van der Waals surface area contributed by atoms with Crippen LogP contribution in [0, 0.1) is 11.3 Å². The summed E-state index contributed by atoms with van der Waals surface area (Å²) in [5.41, 5.74) is 2.42. The Bertz CT molecular complexity index is 650. The van der Waals surface area contributed by atoms with Crippen molar-refractivity contribution in [2.75, 3.05) is 11.9 Å². The van der Waals surface area contributed by atoms with Gasteiger partial charge in [-0.2, -0.15) is 5.26 Å². The molecule has 0 aliphatic rings. The topological polar surface area (TPSA) is 56.0 Å². The van der Waals surface area contributed by atoms with Gasteiger partial charge in [-0.25, -0.2) is 0 Å². The van der Waals surface area contributed by atoms with E-state index in [1.165, 1.54) is 0 Å². The van der Waals surface area contributed by atoms with Crippen molar-refractivity contribution >= 4 is 28.9 Å². The number of hydrogen-bond donors (Lipinski definition) is 2. The summed E-state index contributed by atoms with van der Waals surface area (Å²) in [5.74, 6) is 0. The molecule has 0 aliphatic heterocycles. The normalized spacial score (nSPS) is 11.7. The molecule has 0 saturated carbocycles. The average Bonchev–Trinajstić information content (AvgIpc) is 2.49. The van der Waals surface area contributed by atoms with E-state index in [1.807, 2.05) is 24.3 Å². The number of aliphatic hydroxyl groups is 1. The van der Waals surface area contributed by atoms with Crippen LogP contribution in [0.4, 0.5) is 5.69 Å². The largest absolute Gasteiger partial charge is 0.387 e. The van der Waals surface area contributed by atoms with E-state index < -0.39 is 6.10 Å².